The summed E-state index contributed by atoms with van der Waals surface area (Å²) in [5.74, 6) is 0.151. The van der Waals surface area contributed by atoms with Crippen LogP contribution in [-0.2, 0) is 12.8 Å². The molecule has 0 unspecified atom stereocenters. The largest absolute Gasteiger partial charge is 0.507 e. The number of hydrogen-bond donors (Lipinski definition) is 6. The van der Waals surface area contributed by atoms with Crippen LogP contribution in [-0.4, -0.2) is 83.2 Å². The van der Waals surface area contributed by atoms with Crippen LogP contribution in [0.5, 0.6) is 11.5 Å². The molecule has 6 N–H and O–H groups in total. The second-order valence-electron chi connectivity index (χ2n) is 9.07. The predicted molar refractivity (Wildman–Crippen MR) is 146 cm³/mol. The van der Waals surface area contributed by atoms with Gasteiger partial charge >= 0.3 is 0 Å². The third kappa shape index (κ3) is 7.36. The molecule has 3 rings (SSSR count). The van der Waals surface area contributed by atoms with Crippen LogP contribution in [0.25, 0.3) is 0 Å². The van der Waals surface area contributed by atoms with Crippen molar-refractivity contribution in [3.63, 3.8) is 0 Å². The summed E-state index contributed by atoms with van der Waals surface area (Å²) in [6, 6.07) is 17.4. The minimum absolute atomic E-state index is 0.00249. The molecule has 8 heteroatoms. The Bertz CT molecular complexity index is 1020. The number of aliphatic hydroxyl groups excluding tert-OH is 4. The molecule has 0 aliphatic heterocycles. The van der Waals surface area contributed by atoms with Gasteiger partial charge in [-0.25, -0.2) is 0 Å². The Hall–Kier alpha value is -3.30. The first-order chi connectivity index (χ1) is 17.9. The molecule has 0 radical (unpaired) electrons. The summed E-state index contributed by atoms with van der Waals surface area (Å²) in [4.78, 5) is 3.81. The average molecular weight is 511 g/mol. The Morgan fingerprint density at radius 3 is 1.16 bits per heavy atom. The summed E-state index contributed by atoms with van der Waals surface area (Å²) in [7, 11) is 0. The van der Waals surface area contributed by atoms with Crippen LogP contribution in [0.15, 0.2) is 54.6 Å². The summed E-state index contributed by atoms with van der Waals surface area (Å²) >= 11 is 0. The maximum atomic E-state index is 10.7. The Balaban J connectivity index is 1.79. The second kappa shape index (κ2) is 13.9. The number of aromatic hydroxyl groups is 2. The van der Waals surface area contributed by atoms with E-state index in [2.05, 4.69) is 0 Å². The van der Waals surface area contributed by atoms with Gasteiger partial charge in [-0.15, -0.1) is 0 Å². The molecule has 0 heterocycles. The molecule has 0 spiro atoms. The molecule has 0 atom stereocenters. The zero-order valence-electron chi connectivity index (χ0n) is 21.3. The van der Waals surface area contributed by atoms with Gasteiger partial charge < -0.3 is 40.4 Å². The van der Waals surface area contributed by atoms with Gasteiger partial charge in [0.1, 0.15) is 11.5 Å². The summed E-state index contributed by atoms with van der Waals surface area (Å²) in [5, 5.41) is 58.6. The summed E-state index contributed by atoms with van der Waals surface area (Å²) in [5.41, 5.74) is 5.65. The van der Waals surface area contributed by atoms with Crippen molar-refractivity contribution in [2.45, 2.75) is 19.8 Å². The Kier molecular flexibility index (Phi) is 10.6. The van der Waals surface area contributed by atoms with Crippen LogP contribution in [0.2, 0.25) is 0 Å². The summed E-state index contributed by atoms with van der Waals surface area (Å²) in [6.45, 7) is 3.43. The third-order valence-electron chi connectivity index (χ3n) is 6.54. The number of rotatable bonds is 14. The van der Waals surface area contributed by atoms with Crippen LogP contribution in [0.1, 0.15) is 27.8 Å². The molecule has 0 saturated heterocycles. The van der Waals surface area contributed by atoms with Gasteiger partial charge in [0.25, 0.3) is 0 Å². The summed E-state index contributed by atoms with van der Waals surface area (Å²) < 4.78 is 0. The first-order valence-electron chi connectivity index (χ1n) is 12.6. The van der Waals surface area contributed by atoms with Crippen molar-refractivity contribution >= 4 is 11.4 Å². The van der Waals surface area contributed by atoms with E-state index in [4.69, 9.17) is 0 Å². The van der Waals surface area contributed by atoms with E-state index >= 15 is 0 Å². The number of hydrogen-bond acceptors (Lipinski definition) is 8. The molecule has 8 nitrogen and oxygen atoms in total. The molecule has 0 aromatic heterocycles. The lowest BCUT2D eigenvalue weighted by Gasteiger charge is -2.23. The Morgan fingerprint density at radius 1 is 0.541 bits per heavy atom. The van der Waals surface area contributed by atoms with Crippen LogP contribution < -0.4 is 9.80 Å². The lowest BCUT2D eigenvalue weighted by Crippen LogP contribution is -2.29. The summed E-state index contributed by atoms with van der Waals surface area (Å²) in [6.07, 6.45) is 0.965. The fourth-order valence-electron chi connectivity index (χ4n) is 4.52. The molecule has 0 saturated carbocycles. The van der Waals surface area contributed by atoms with E-state index in [0.717, 1.165) is 22.5 Å². The van der Waals surface area contributed by atoms with E-state index in [9.17, 15) is 30.6 Å². The van der Waals surface area contributed by atoms with Crippen molar-refractivity contribution in [1.82, 2.24) is 0 Å². The van der Waals surface area contributed by atoms with E-state index in [-0.39, 0.29) is 37.9 Å². The van der Waals surface area contributed by atoms with Crippen LogP contribution in [0.4, 0.5) is 11.4 Å². The molecular formula is C29H38N2O6. The minimum Gasteiger partial charge on any atom is -0.507 e. The average Bonchev–Trinajstić information content (AvgIpc) is 2.91. The van der Waals surface area contributed by atoms with Crippen molar-refractivity contribution in [3.8, 4) is 11.5 Å². The van der Waals surface area contributed by atoms with Gasteiger partial charge in [-0.05, 0) is 59.5 Å². The SMILES string of the molecule is Cc1c(O)c(Cc2ccc(N(CCO)CCO)cc2)cc(Cc2ccc(N(CCO)CCO)cc2)c1O. The normalized spacial score (nSPS) is 11.1. The molecule has 0 bridgehead atoms. The molecule has 200 valence electrons. The maximum Gasteiger partial charge on any atom is 0.125 e. The minimum atomic E-state index is -0.00249. The highest BCUT2D eigenvalue weighted by Gasteiger charge is 2.16. The van der Waals surface area contributed by atoms with Crippen molar-refractivity contribution in [1.29, 1.82) is 0 Å². The molecule has 0 amide bonds. The van der Waals surface area contributed by atoms with Gasteiger partial charge in [0.2, 0.25) is 0 Å². The van der Waals surface area contributed by atoms with Gasteiger partial charge in [0.15, 0.2) is 0 Å². The lowest BCUT2D eigenvalue weighted by molar-refractivity contribution is 0.280. The molecule has 0 aliphatic rings. The van der Waals surface area contributed by atoms with Gasteiger partial charge in [0.05, 0.1) is 26.4 Å². The fraction of sp³-hybridized carbons (Fsp3) is 0.379. The van der Waals surface area contributed by atoms with Gasteiger partial charge in [0, 0.05) is 56.0 Å². The van der Waals surface area contributed by atoms with Crippen molar-refractivity contribution in [2.75, 3.05) is 62.4 Å². The molecule has 0 aliphatic carbocycles. The molecule has 3 aromatic rings. The van der Waals surface area contributed by atoms with Gasteiger partial charge in [-0.3, -0.25) is 0 Å². The van der Waals surface area contributed by atoms with E-state index in [1.54, 1.807) is 6.92 Å². The number of phenols is 2. The molecule has 3 aromatic carbocycles. The highest BCUT2D eigenvalue weighted by molar-refractivity contribution is 5.56. The van der Waals surface area contributed by atoms with Gasteiger partial charge in [-0.1, -0.05) is 24.3 Å². The van der Waals surface area contributed by atoms with Crippen LogP contribution >= 0.6 is 0 Å². The Labute approximate surface area is 218 Å². The first kappa shape index (κ1) is 28.3. The zero-order valence-corrected chi connectivity index (χ0v) is 21.3. The quantitative estimate of drug-likeness (QED) is 0.195. The van der Waals surface area contributed by atoms with Crippen molar-refractivity contribution in [3.05, 3.63) is 82.4 Å². The Morgan fingerprint density at radius 2 is 0.865 bits per heavy atom. The molecular weight excluding hydrogens is 472 g/mol. The highest BCUT2D eigenvalue weighted by Crippen LogP contribution is 2.36. The lowest BCUT2D eigenvalue weighted by atomic mass is 9.94. The smallest absolute Gasteiger partial charge is 0.125 e. The predicted octanol–water partition coefficient (Wildman–Crippen LogP) is 2.17. The number of aliphatic hydroxyl groups is 4. The van der Waals surface area contributed by atoms with E-state index in [0.29, 0.717) is 55.7 Å². The maximum absolute atomic E-state index is 10.7. The number of nitrogens with zero attached hydrogens (tertiary/aromatic N) is 2. The topological polar surface area (TPSA) is 128 Å². The van der Waals surface area contributed by atoms with E-state index < -0.39 is 0 Å². The monoisotopic (exact) mass is 510 g/mol. The zero-order chi connectivity index (χ0) is 26.8. The number of phenolic OH excluding ortho intramolecular Hbond substituents is 2. The number of benzene rings is 3. The van der Waals surface area contributed by atoms with E-state index in [1.807, 2.05) is 64.4 Å². The first-order valence-corrected chi connectivity index (χ1v) is 12.6. The van der Waals surface area contributed by atoms with Crippen molar-refractivity contribution in [2.24, 2.45) is 0 Å². The van der Waals surface area contributed by atoms with Crippen LogP contribution in [0.3, 0.4) is 0 Å². The van der Waals surface area contributed by atoms with Gasteiger partial charge in [-0.2, -0.15) is 0 Å². The van der Waals surface area contributed by atoms with E-state index in [1.165, 1.54) is 0 Å². The second-order valence-corrected chi connectivity index (χ2v) is 9.07. The fourth-order valence-corrected chi connectivity index (χ4v) is 4.52. The van der Waals surface area contributed by atoms with Crippen LogP contribution in [0, 0.1) is 6.92 Å². The van der Waals surface area contributed by atoms with Crippen molar-refractivity contribution < 1.29 is 30.6 Å². The number of anilines is 2. The molecule has 37 heavy (non-hydrogen) atoms. The molecule has 0 fully saturated rings. The third-order valence-corrected chi connectivity index (χ3v) is 6.54. The standard InChI is InChI=1S/C29H38N2O6/c1-21-28(36)24(18-22-2-6-26(7-3-22)30(10-14-32)11-15-33)20-25(29(21)37)19-23-4-8-27(9-5-23)31(12-16-34)13-17-35/h2-9,20,32-37H,10-19H2,1H3. The highest BCUT2D eigenvalue weighted by atomic mass is 16.3.